The van der Waals surface area contributed by atoms with Crippen molar-refractivity contribution in [3.63, 3.8) is 0 Å². The molecule has 0 atom stereocenters. The average Bonchev–Trinajstić information content (AvgIpc) is 2.56. The van der Waals surface area contributed by atoms with E-state index in [0.29, 0.717) is 24.0 Å². The summed E-state index contributed by atoms with van der Waals surface area (Å²) in [6.45, 7) is 3.37. The van der Waals surface area contributed by atoms with Crippen LogP contribution in [0.4, 0.5) is 0 Å². The van der Waals surface area contributed by atoms with E-state index >= 15 is 0 Å². The van der Waals surface area contributed by atoms with E-state index in [-0.39, 0.29) is 5.54 Å². The minimum Gasteiger partial charge on any atom is -0.489 e. The minimum atomic E-state index is -0.224. The van der Waals surface area contributed by atoms with Gasteiger partial charge >= 0.3 is 0 Å². The van der Waals surface area contributed by atoms with Crippen LogP contribution in [-0.2, 0) is 5.54 Å². The molecule has 0 bridgehead atoms. The first-order chi connectivity index (χ1) is 8.62. The minimum absolute atomic E-state index is 0.224. The Bertz CT molecular complexity index is 483. The molecule has 1 saturated carbocycles. The van der Waals surface area contributed by atoms with Gasteiger partial charge in [-0.2, -0.15) is 0 Å². The molecule has 98 valence electrons. The van der Waals surface area contributed by atoms with Gasteiger partial charge in [-0.25, -0.2) is 0 Å². The molecule has 1 heterocycles. The van der Waals surface area contributed by atoms with Crippen molar-refractivity contribution < 1.29 is 9.47 Å². The summed E-state index contributed by atoms with van der Waals surface area (Å²) in [7, 11) is 0. The molecule has 1 aliphatic carbocycles. The highest BCUT2D eigenvalue weighted by Crippen LogP contribution is 2.48. The zero-order chi connectivity index (χ0) is 12.8. The van der Waals surface area contributed by atoms with Gasteiger partial charge in [0.25, 0.3) is 0 Å². The van der Waals surface area contributed by atoms with Crippen molar-refractivity contribution in [1.29, 1.82) is 0 Å². The van der Waals surface area contributed by atoms with E-state index in [4.69, 9.17) is 26.8 Å². The van der Waals surface area contributed by atoms with Gasteiger partial charge in [0.05, 0.1) is 18.2 Å². The average molecular weight is 268 g/mol. The molecule has 1 fully saturated rings. The van der Waals surface area contributed by atoms with Crippen LogP contribution in [0, 0.1) is 6.92 Å². The topological polar surface area (TPSA) is 44.5 Å². The Kier molecular flexibility index (Phi) is 2.91. The predicted molar refractivity (Wildman–Crippen MR) is 71.5 cm³/mol. The smallest absolute Gasteiger partial charge is 0.180 e. The van der Waals surface area contributed by atoms with Gasteiger partial charge in [-0.3, -0.25) is 0 Å². The van der Waals surface area contributed by atoms with Gasteiger partial charge in [0, 0.05) is 17.5 Å². The van der Waals surface area contributed by atoms with Gasteiger partial charge < -0.3 is 15.2 Å². The molecule has 1 aromatic carbocycles. The Hall–Kier alpha value is -0.930. The second-order valence-electron chi connectivity index (χ2n) is 5.25. The van der Waals surface area contributed by atoms with Crippen molar-refractivity contribution >= 4 is 11.6 Å². The Morgan fingerprint density at radius 2 is 1.83 bits per heavy atom. The summed E-state index contributed by atoms with van der Waals surface area (Å²) in [5.41, 5.74) is 8.38. The monoisotopic (exact) mass is 267 g/mol. The molecule has 1 aromatic rings. The maximum absolute atomic E-state index is 6.41. The van der Waals surface area contributed by atoms with E-state index < -0.39 is 0 Å². The molecular weight excluding hydrogens is 250 g/mol. The molecule has 0 amide bonds. The Balaban J connectivity index is 2.12. The van der Waals surface area contributed by atoms with Gasteiger partial charge in [0.1, 0.15) is 0 Å². The maximum Gasteiger partial charge on any atom is 0.180 e. The Labute approximate surface area is 112 Å². The van der Waals surface area contributed by atoms with Crippen LogP contribution in [0.1, 0.15) is 36.8 Å². The first-order valence-electron chi connectivity index (χ1n) is 6.50. The van der Waals surface area contributed by atoms with E-state index in [9.17, 15) is 0 Å². The molecule has 4 heteroatoms. The lowest BCUT2D eigenvalue weighted by Gasteiger charge is -2.40. The fraction of sp³-hybridized carbons (Fsp3) is 0.571. The van der Waals surface area contributed by atoms with Crippen molar-refractivity contribution in [3.05, 3.63) is 22.2 Å². The summed E-state index contributed by atoms with van der Waals surface area (Å²) in [5.74, 6) is 1.46. The van der Waals surface area contributed by atoms with Crippen molar-refractivity contribution in [1.82, 2.24) is 0 Å². The van der Waals surface area contributed by atoms with E-state index in [2.05, 4.69) is 0 Å². The quantitative estimate of drug-likeness (QED) is 0.850. The number of rotatable bonds is 1. The summed E-state index contributed by atoms with van der Waals surface area (Å²) in [5, 5.41) is 0.615. The lowest BCUT2D eigenvalue weighted by atomic mass is 9.71. The molecule has 0 saturated heterocycles. The Morgan fingerprint density at radius 1 is 1.17 bits per heavy atom. The zero-order valence-corrected chi connectivity index (χ0v) is 11.3. The number of hydrogen-bond donors (Lipinski definition) is 1. The van der Waals surface area contributed by atoms with Crippen LogP contribution >= 0.6 is 11.6 Å². The standard InChI is InChI=1S/C14H18ClNO2/c1-9-10(14(16)4-2-5-14)8-11(15)13-12(9)17-6-3-7-18-13/h8H,2-7,16H2,1H3. The predicted octanol–water partition coefficient (Wildman–Crippen LogP) is 3.15. The largest absolute Gasteiger partial charge is 0.489 e. The van der Waals surface area contributed by atoms with E-state index in [1.807, 2.05) is 13.0 Å². The molecule has 0 radical (unpaired) electrons. The molecule has 2 N–H and O–H groups in total. The molecule has 18 heavy (non-hydrogen) atoms. The first-order valence-corrected chi connectivity index (χ1v) is 6.88. The van der Waals surface area contributed by atoms with Crippen LogP contribution in [0.2, 0.25) is 5.02 Å². The Morgan fingerprint density at radius 3 is 2.44 bits per heavy atom. The molecule has 0 spiro atoms. The van der Waals surface area contributed by atoms with Gasteiger partial charge in [-0.1, -0.05) is 11.6 Å². The maximum atomic E-state index is 6.41. The van der Waals surface area contributed by atoms with Gasteiger partial charge in [0.15, 0.2) is 11.5 Å². The van der Waals surface area contributed by atoms with Crippen LogP contribution in [0.3, 0.4) is 0 Å². The number of nitrogens with two attached hydrogens (primary N) is 1. The van der Waals surface area contributed by atoms with Gasteiger partial charge in [-0.05, 0) is 37.8 Å². The summed E-state index contributed by atoms with van der Waals surface area (Å²) in [6.07, 6.45) is 4.10. The molecule has 3 nitrogen and oxygen atoms in total. The fourth-order valence-electron chi connectivity index (χ4n) is 2.76. The van der Waals surface area contributed by atoms with E-state index in [1.54, 1.807) is 0 Å². The second-order valence-corrected chi connectivity index (χ2v) is 5.66. The molecule has 1 aliphatic heterocycles. The highest BCUT2D eigenvalue weighted by Gasteiger charge is 2.37. The van der Waals surface area contributed by atoms with Crippen LogP contribution in [-0.4, -0.2) is 13.2 Å². The van der Waals surface area contributed by atoms with Gasteiger partial charge in [0.2, 0.25) is 0 Å². The summed E-state index contributed by atoms with van der Waals surface area (Å²) in [6, 6.07) is 1.96. The van der Waals surface area contributed by atoms with Crippen LogP contribution in [0.5, 0.6) is 11.5 Å². The molecule has 2 aliphatic rings. The van der Waals surface area contributed by atoms with E-state index in [0.717, 1.165) is 36.1 Å². The normalized spacial score (nSPS) is 21.1. The van der Waals surface area contributed by atoms with Crippen molar-refractivity contribution in [3.8, 4) is 11.5 Å². The number of benzene rings is 1. The van der Waals surface area contributed by atoms with Crippen LogP contribution in [0.25, 0.3) is 0 Å². The van der Waals surface area contributed by atoms with Crippen LogP contribution in [0.15, 0.2) is 6.07 Å². The zero-order valence-electron chi connectivity index (χ0n) is 10.6. The lowest BCUT2D eigenvalue weighted by Crippen LogP contribution is -2.43. The summed E-state index contributed by atoms with van der Waals surface area (Å²) < 4.78 is 11.5. The molecule has 0 aromatic heterocycles. The summed E-state index contributed by atoms with van der Waals surface area (Å²) >= 11 is 6.32. The lowest BCUT2D eigenvalue weighted by molar-refractivity contribution is 0.250. The molecule has 3 rings (SSSR count). The second kappa shape index (κ2) is 4.32. The van der Waals surface area contributed by atoms with Crippen molar-refractivity contribution in [2.75, 3.05) is 13.2 Å². The van der Waals surface area contributed by atoms with Crippen molar-refractivity contribution in [2.24, 2.45) is 5.73 Å². The highest BCUT2D eigenvalue weighted by molar-refractivity contribution is 6.32. The highest BCUT2D eigenvalue weighted by atomic mass is 35.5. The molecular formula is C14H18ClNO2. The number of ether oxygens (including phenoxy) is 2. The third-order valence-electron chi connectivity index (χ3n) is 4.00. The fourth-order valence-corrected chi connectivity index (χ4v) is 3.01. The number of halogens is 1. The van der Waals surface area contributed by atoms with Gasteiger partial charge in [-0.15, -0.1) is 0 Å². The SMILES string of the molecule is Cc1c(C2(N)CCC2)cc(Cl)c2c1OCCCO2. The first kappa shape index (κ1) is 12.1. The number of fused-ring (bicyclic) bond motifs is 1. The number of hydrogen-bond acceptors (Lipinski definition) is 3. The van der Waals surface area contributed by atoms with Crippen molar-refractivity contribution in [2.45, 2.75) is 38.1 Å². The van der Waals surface area contributed by atoms with E-state index in [1.165, 1.54) is 6.42 Å². The van der Waals surface area contributed by atoms with Crippen LogP contribution < -0.4 is 15.2 Å². The summed E-state index contributed by atoms with van der Waals surface area (Å²) in [4.78, 5) is 0. The third-order valence-corrected chi connectivity index (χ3v) is 4.28. The molecule has 0 unspecified atom stereocenters. The third kappa shape index (κ3) is 1.77.